The van der Waals surface area contributed by atoms with Crippen LogP contribution < -0.4 is 10.6 Å². The Labute approximate surface area is 144 Å². The normalized spacial score (nSPS) is 19.5. The first-order valence-corrected chi connectivity index (χ1v) is 8.68. The fourth-order valence-corrected chi connectivity index (χ4v) is 2.94. The SMILES string of the molecule is CN=C(NCCCOC1CCOC1)NCC(C)c1c(C)noc1C. The van der Waals surface area contributed by atoms with Crippen LogP contribution >= 0.6 is 0 Å². The summed E-state index contributed by atoms with van der Waals surface area (Å²) in [5.74, 6) is 2.00. The van der Waals surface area contributed by atoms with Gasteiger partial charge < -0.3 is 24.6 Å². The van der Waals surface area contributed by atoms with Crippen molar-refractivity contribution in [3.8, 4) is 0 Å². The molecule has 0 bridgehead atoms. The summed E-state index contributed by atoms with van der Waals surface area (Å²) in [6, 6.07) is 0. The largest absolute Gasteiger partial charge is 0.379 e. The van der Waals surface area contributed by atoms with Crippen molar-refractivity contribution < 1.29 is 14.0 Å². The molecule has 24 heavy (non-hydrogen) atoms. The van der Waals surface area contributed by atoms with Gasteiger partial charge in [0.05, 0.1) is 18.4 Å². The van der Waals surface area contributed by atoms with E-state index in [9.17, 15) is 0 Å². The van der Waals surface area contributed by atoms with Crippen molar-refractivity contribution in [2.24, 2.45) is 4.99 Å². The van der Waals surface area contributed by atoms with Crippen LogP contribution in [-0.2, 0) is 9.47 Å². The molecule has 0 aromatic carbocycles. The molecule has 1 aliphatic heterocycles. The molecule has 136 valence electrons. The Balaban J connectivity index is 1.63. The van der Waals surface area contributed by atoms with E-state index in [4.69, 9.17) is 14.0 Å². The van der Waals surface area contributed by atoms with Crippen molar-refractivity contribution in [2.45, 2.75) is 45.6 Å². The van der Waals surface area contributed by atoms with Crippen LogP contribution in [0.2, 0.25) is 0 Å². The average molecular weight is 338 g/mol. The van der Waals surface area contributed by atoms with Crippen LogP contribution in [0.3, 0.4) is 0 Å². The van der Waals surface area contributed by atoms with Crippen LogP contribution in [0.4, 0.5) is 0 Å². The third kappa shape index (κ3) is 5.49. The molecule has 0 saturated carbocycles. The van der Waals surface area contributed by atoms with E-state index in [2.05, 4.69) is 27.7 Å². The Morgan fingerprint density at radius 1 is 1.42 bits per heavy atom. The van der Waals surface area contributed by atoms with Crippen molar-refractivity contribution >= 4 is 5.96 Å². The van der Waals surface area contributed by atoms with Gasteiger partial charge >= 0.3 is 0 Å². The minimum Gasteiger partial charge on any atom is -0.379 e. The van der Waals surface area contributed by atoms with Gasteiger partial charge in [0.25, 0.3) is 0 Å². The van der Waals surface area contributed by atoms with E-state index in [0.717, 1.165) is 63.2 Å². The molecule has 1 aromatic rings. The second-order valence-electron chi connectivity index (χ2n) is 6.23. The molecule has 7 heteroatoms. The zero-order valence-corrected chi connectivity index (χ0v) is 15.2. The first kappa shape index (κ1) is 18.7. The van der Waals surface area contributed by atoms with E-state index < -0.39 is 0 Å². The zero-order valence-electron chi connectivity index (χ0n) is 15.2. The minimum absolute atomic E-state index is 0.276. The fraction of sp³-hybridized carbons (Fsp3) is 0.765. The topological polar surface area (TPSA) is 80.9 Å². The highest BCUT2D eigenvalue weighted by Crippen LogP contribution is 2.22. The molecule has 2 N–H and O–H groups in total. The van der Waals surface area contributed by atoms with Crippen molar-refractivity contribution in [1.29, 1.82) is 0 Å². The van der Waals surface area contributed by atoms with Crippen LogP contribution in [-0.4, -0.2) is 57.2 Å². The second kappa shape index (κ2) is 9.64. The number of hydrogen-bond donors (Lipinski definition) is 2. The summed E-state index contributed by atoms with van der Waals surface area (Å²) in [7, 11) is 1.78. The van der Waals surface area contributed by atoms with E-state index in [0.29, 0.717) is 5.92 Å². The lowest BCUT2D eigenvalue weighted by atomic mass is 10.00. The van der Waals surface area contributed by atoms with Gasteiger partial charge in [0, 0.05) is 44.8 Å². The van der Waals surface area contributed by atoms with Gasteiger partial charge in [0.2, 0.25) is 0 Å². The molecule has 1 saturated heterocycles. The predicted molar refractivity (Wildman–Crippen MR) is 93.5 cm³/mol. The number of aromatic nitrogens is 1. The number of nitrogens with zero attached hydrogens (tertiary/aromatic N) is 2. The molecule has 2 rings (SSSR count). The Bertz CT molecular complexity index is 504. The van der Waals surface area contributed by atoms with E-state index in [-0.39, 0.29) is 6.10 Å². The first-order chi connectivity index (χ1) is 11.6. The van der Waals surface area contributed by atoms with Crippen molar-refractivity contribution in [1.82, 2.24) is 15.8 Å². The second-order valence-corrected chi connectivity index (χ2v) is 6.23. The summed E-state index contributed by atoms with van der Waals surface area (Å²) in [4.78, 5) is 4.26. The molecule has 1 aromatic heterocycles. The van der Waals surface area contributed by atoms with Gasteiger partial charge in [-0.05, 0) is 26.7 Å². The summed E-state index contributed by atoms with van der Waals surface area (Å²) in [5.41, 5.74) is 2.13. The molecule has 7 nitrogen and oxygen atoms in total. The number of hydrogen-bond acceptors (Lipinski definition) is 5. The van der Waals surface area contributed by atoms with Crippen LogP contribution in [0.25, 0.3) is 0 Å². The minimum atomic E-state index is 0.276. The Kier molecular flexibility index (Phi) is 7.52. The molecule has 2 heterocycles. The molecule has 0 amide bonds. The zero-order chi connectivity index (χ0) is 17.4. The Morgan fingerprint density at radius 2 is 2.25 bits per heavy atom. The smallest absolute Gasteiger partial charge is 0.190 e. The van der Waals surface area contributed by atoms with Gasteiger partial charge in [-0.25, -0.2) is 0 Å². The lowest BCUT2D eigenvalue weighted by molar-refractivity contribution is 0.0420. The predicted octanol–water partition coefficient (Wildman–Crippen LogP) is 1.76. The molecule has 1 aliphatic rings. The van der Waals surface area contributed by atoms with E-state index in [1.54, 1.807) is 7.05 Å². The molecular weight excluding hydrogens is 308 g/mol. The van der Waals surface area contributed by atoms with E-state index in [1.165, 1.54) is 5.56 Å². The van der Waals surface area contributed by atoms with Gasteiger partial charge in [-0.1, -0.05) is 12.1 Å². The molecule has 0 radical (unpaired) electrons. The number of aliphatic imine (C=N–C) groups is 1. The van der Waals surface area contributed by atoms with Crippen LogP contribution in [0.5, 0.6) is 0 Å². The van der Waals surface area contributed by atoms with Crippen LogP contribution in [0.1, 0.15) is 42.7 Å². The fourth-order valence-electron chi connectivity index (χ4n) is 2.94. The maximum absolute atomic E-state index is 5.75. The Hall–Kier alpha value is -1.60. The highest BCUT2D eigenvalue weighted by Gasteiger charge is 2.17. The Morgan fingerprint density at radius 3 is 2.88 bits per heavy atom. The van der Waals surface area contributed by atoms with Crippen LogP contribution in [0.15, 0.2) is 9.52 Å². The third-order valence-corrected chi connectivity index (χ3v) is 4.24. The van der Waals surface area contributed by atoms with Gasteiger partial charge in [-0.15, -0.1) is 0 Å². The number of aryl methyl sites for hydroxylation is 2. The van der Waals surface area contributed by atoms with E-state index in [1.807, 2.05) is 13.8 Å². The average Bonchev–Trinajstić information content (AvgIpc) is 3.19. The summed E-state index contributed by atoms with van der Waals surface area (Å²) in [6.45, 7) is 9.99. The van der Waals surface area contributed by atoms with Gasteiger partial charge in [0.15, 0.2) is 5.96 Å². The summed E-state index contributed by atoms with van der Waals surface area (Å²) in [5, 5.41) is 10.7. The maximum atomic E-state index is 5.75. The maximum Gasteiger partial charge on any atom is 0.190 e. The van der Waals surface area contributed by atoms with Gasteiger partial charge in [-0.2, -0.15) is 0 Å². The number of nitrogens with one attached hydrogen (secondary N) is 2. The third-order valence-electron chi connectivity index (χ3n) is 4.24. The summed E-state index contributed by atoms with van der Waals surface area (Å²) in [6.07, 6.45) is 2.23. The standard InChI is InChI=1S/C17H30N4O3/c1-12(16-13(2)21-24-14(16)3)10-20-17(18-4)19-7-5-8-23-15-6-9-22-11-15/h12,15H,5-11H2,1-4H3,(H2,18,19,20). The van der Waals surface area contributed by atoms with Crippen LogP contribution in [0, 0.1) is 13.8 Å². The highest BCUT2D eigenvalue weighted by atomic mass is 16.5. The summed E-state index contributed by atoms with van der Waals surface area (Å²) >= 11 is 0. The summed E-state index contributed by atoms with van der Waals surface area (Å²) < 4.78 is 16.3. The molecular formula is C17H30N4O3. The monoisotopic (exact) mass is 338 g/mol. The number of rotatable bonds is 8. The molecule has 1 fully saturated rings. The highest BCUT2D eigenvalue weighted by molar-refractivity contribution is 5.79. The van der Waals surface area contributed by atoms with Crippen molar-refractivity contribution in [2.75, 3.05) is 40.0 Å². The quantitative estimate of drug-likeness (QED) is 0.427. The molecule has 2 unspecified atom stereocenters. The van der Waals surface area contributed by atoms with E-state index >= 15 is 0 Å². The molecule has 0 aliphatic carbocycles. The number of guanidine groups is 1. The number of ether oxygens (including phenoxy) is 2. The van der Waals surface area contributed by atoms with Gasteiger partial charge in [0.1, 0.15) is 5.76 Å². The lowest BCUT2D eigenvalue weighted by Gasteiger charge is -2.16. The lowest BCUT2D eigenvalue weighted by Crippen LogP contribution is -2.39. The first-order valence-electron chi connectivity index (χ1n) is 8.68. The van der Waals surface area contributed by atoms with Crippen molar-refractivity contribution in [3.63, 3.8) is 0 Å². The molecule has 2 atom stereocenters. The van der Waals surface area contributed by atoms with Crippen molar-refractivity contribution in [3.05, 3.63) is 17.0 Å². The van der Waals surface area contributed by atoms with Gasteiger partial charge in [-0.3, -0.25) is 4.99 Å². The molecule has 0 spiro atoms.